The number of rotatable bonds is 7. The van der Waals surface area contributed by atoms with Crippen molar-refractivity contribution in [3.8, 4) is 5.75 Å². The molecular formula is C23H22N4O3. The van der Waals surface area contributed by atoms with Crippen molar-refractivity contribution in [2.45, 2.75) is 13.3 Å². The summed E-state index contributed by atoms with van der Waals surface area (Å²) >= 11 is 0. The summed E-state index contributed by atoms with van der Waals surface area (Å²) in [5, 5.41) is 19.4. The van der Waals surface area contributed by atoms with Gasteiger partial charge in [0.2, 0.25) is 5.91 Å². The first kappa shape index (κ1) is 20.6. The first-order valence-corrected chi connectivity index (χ1v) is 9.34. The van der Waals surface area contributed by atoms with Crippen molar-refractivity contribution in [1.82, 2.24) is 5.43 Å². The van der Waals surface area contributed by atoms with E-state index in [0.29, 0.717) is 11.4 Å². The number of aromatic hydroxyl groups is 1. The van der Waals surface area contributed by atoms with Crippen molar-refractivity contribution >= 4 is 34.6 Å². The Morgan fingerprint density at radius 2 is 1.53 bits per heavy atom. The predicted octanol–water partition coefficient (Wildman–Crippen LogP) is 4.27. The van der Waals surface area contributed by atoms with Gasteiger partial charge in [0.1, 0.15) is 5.75 Å². The first-order valence-electron chi connectivity index (χ1n) is 9.34. The summed E-state index contributed by atoms with van der Waals surface area (Å²) in [6.45, 7) is 1.65. The fourth-order valence-corrected chi connectivity index (χ4v) is 2.66. The highest BCUT2D eigenvalue weighted by Gasteiger charge is 2.08. The molecule has 0 saturated heterocycles. The number of benzene rings is 3. The van der Waals surface area contributed by atoms with E-state index in [-0.39, 0.29) is 23.6 Å². The van der Waals surface area contributed by atoms with Gasteiger partial charge in [-0.15, -0.1) is 0 Å². The molecule has 0 unspecified atom stereocenters. The smallest absolute Gasteiger partial charge is 0.271 e. The zero-order valence-electron chi connectivity index (χ0n) is 16.4. The summed E-state index contributed by atoms with van der Waals surface area (Å²) in [7, 11) is 0. The Morgan fingerprint density at radius 3 is 2.23 bits per heavy atom. The SMILES string of the molecule is C/C(CC(=O)Nc1ccc(Nc2ccccc2)cc1)=N\NC(=O)c1cccc(O)c1. The third-order valence-corrected chi connectivity index (χ3v) is 4.10. The highest BCUT2D eigenvalue weighted by atomic mass is 16.3. The Kier molecular flexibility index (Phi) is 6.78. The van der Waals surface area contributed by atoms with Crippen LogP contribution in [-0.4, -0.2) is 22.6 Å². The average molecular weight is 402 g/mol. The van der Waals surface area contributed by atoms with Crippen molar-refractivity contribution in [3.05, 3.63) is 84.4 Å². The van der Waals surface area contributed by atoms with E-state index in [0.717, 1.165) is 11.4 Å². The largest absolute Gasteiger partial charge is 0.508 e. The Morgan fingerprint density at radius 1 is 0.867 bits per heavy atom. The molecule has 0 spiro atoms. The molecule has 3 aromatic carbocycles. The lowest BCUT2D eigenvalue weighted by Gasteiger charge is -2.09. The van der Waals surface area contributed by atoms with E-state index in [1.54, 1.807) is 31.2 Å². The van der Waals surface area contributed by atoms with Gasteiger partial charge >= 0.3 is 0 Å². The maximum Gasteiger partial charge on any atom is 0.271 e. The second-order valence-electron chi connectivity index (χ2n) is 6.63. The lowest BCUT2D eigenvalue weighted by molar-refractivity contribution is -0.115. The van der Waals surface area contributed by atoms with Crippen LogP contribution in [0.15, 0.2) is 84.0 Å². The number of phenols is 1. The third-order valence-electron chi connectivity index (χ3n) is 4.10. The van der Waals surface area contributed by atoms with E-state index in [1.807, 2.05) is 42.5 Å². The third kappa shape index (κ3) is 6.20. The van der Waals surface area contributed by atoms with Crippen LogP contribution in [0.5, 0.6) is 5.75 Å². The summed E-state index contributed by atoms with van der Waals surface area (Å²) in [6.07, 6.45) is 0.0321. The molecule has 0 fully saturated rings. The zero-order chi connectivity index (χ0) is 21.3. The summed E-state index contributed by atoms with van der Waals surface area (Å²) in [5.41, 5.74) is 5.65. The molecule has 0 aliphatic heterocycles. The minimum Gasteiger partial charge on any atom is -0.508 e. The van der Waals surface area contributed by atoms with Crippen LogP contribution in [0.2, 0.25) is 0 Å². The molecule has 3 rings (SSSR count). The molecule has 0 radical (unpaired) electrons. The molecule has 0 aliphatic rings. The monoisotopic (exact) mass is 402 g/mol. The topological polar surface area (TPSA) is 103 Å². The zero-order valence-corrected chi connectivity index (χ0v) is 16.4. The summed E-state index contributed by atoms with van der Waals surface area (Å²) in [5.74, 6) is -0.716. The molecule has 7 nitrogen and oxygen atoms in total. The number of phenolic OH excluding ortho intramolecular Hbond substituents is 1. The van der Waals surface area contributed by atoms with Gasteiger partial charge in [0.05, 0.1) is 6.42 Å². The van der Waals surface area contributed by atoms with Crippen molar-refractivity contribution in [1.29, 1.82) is 0 Å². The van der Waals surface area contributed by atoms with E-state index in [2.05, 4.69) is 21.2 Å². The molecule has 2 amide bonds. The van der Waals surface area contributed by atoms with E-state index in [1.165, 1.54) is 12.1 Å². The maximum atomic E-state index is 12.2. The Hall–Kier alpha value is -4.13. The highest BCUT2D eigenvalue weighted by Crippen LogP contribution is 2.18. The fraction of sp³-hybridized carbons (Fsp3) is 0.0870. The normalized spacial score (nSPS) is 10.9. The quantitative estimate of drug-likeness (QED) is 0.350. The van der Waals surface area contributed by atoms with Gasteiger partial charge in [-0.25, -0.2) is 5.43 Å². The summed E-state index contributed by atoms with van der Waals surface area (Å²) < 4.78 is 0. The lowest BCUT2D eigenvalue weighted by Crippen LogP contribution is -2.21. The first-order chi connectivity index (χ1) is 14.5. The number of hydrogen-bond donors (Lipinski definition) is 4. The Labute approximate surface area is 174 Å². The standard InChI is InChI=1S/C23H22N4O3/c1-16(26-27-23(30)17-6-5-9-21(28)15-17)14-22(29)25-20-12-10-19(11-13-20)24-18-7-3-2-4-8-18/h2-13,15,24,28H,14H2,1H3,(H,25,29)(H,27,30)/b26-16+. The van der Waals surface area contributed by atoms with Gasteiger partial charge in [0.15, 0.2) is 0 Å². The second kappa shape index (κ2) is 9.88. The Bertz CT molecular complexity index is 1050. The number of hydrogen-bond acceptors (Lipinski definition) is 5. The van der Waals surface area contributed by atoms with Crippen molar-refractivity contribution in [2.75, 3.05) is 10.6 Å². The molecule has 0 saturated carbocycles. The predicted molar refractivity (Wildman–Crippen MR) is 118 cm³/mol. The van der Waals surface area contributed by atoms with E-state index in [9.17, 15) is 14.7 Å². The number of carbonyl (C=O) groups excluding carboxylic acids is 2. The number of carbonyl (C=O) groups is 2. The van der Waals surface area contributed by atoms with Crippen LogP contribution in [0.4, 0.5) is 17.1 Å². The van der Waals surface area contributed by atoms with Gasteiger partial charge in [0, 0.05) is 28.3 Å². The average Bonchev–Trinajstić information content (AvgIpc) is 2.74. The molecule has 0 bridgehead atoms. The van der Waals surface area contributed by atoms with Gasteiger partial charge < -0.3 is 15.7 Å². The fourth-order valence-electron chi connectivity index (χ4n) is 2.66. The number of nitrogens with one attached hydrogen (secondary N) is 3. The molecule has 3 aromatic rings. The van der Waals surface area contributed by atoms with Crippen molar-refractivity contribution in [3.63, 3.8) is 0 Å². The summed E-state index contributed by atoms with van der Waals surface area (Å²) in [4.78, 5) is 24.2. The van der Waals surface area contributed by atoms with E-state index < -0.39 is 5.91 Å². The Balaban J connectivity index is 1.49. The number of nitrogens with zero attached hydrogens (tertiary/aromatic N) is 1. The van der Waals surface area contributed by atoms with Gasteiger partial charge in [-0.1, -0.05) is 24.3 Å². The highest BCUT2D eigenvalue weighted by molar-refractivity contribution is 6.06. The van der Waals surface area contributed by atoms with Crippen LogP contribution in [-0.2, 0) is 4.79 Å². The van der Waals surface area contributed by atoms with E-state index >= 15 is 0 Å². The minimum absolute atomic E-state index is 0.00674. The molecular weight excluding hydrogens is 380 g/mol. The molecule has 0 atom stereocenters. The molecule has 4 N–H and O–H groups in total. The number of anilines is 3. The molecule has 0 aromatic heterocycles. The van der Waals surface area contributed by atoms with Crippen molar-refractivity contribution in [2.24, 2.45) is 5.10 Å². The van der Waals surface area contributed by atoms with Gasteiger partial charge in [-0.05, 0) is 61.5 Å². The molecule has 0 aliphatic carbocycles. The molecule has 30 heavy (non-hydrogen) atoms. The van der Waals surface area contributed by atoms with Gasteiger partial charge in [-0.2, -0.15) is 5.10 Å². The van der Waals surface area contributed by atoms with E-state index in [4.69, 9.17) is 0 Å². The van der Waals surface area contributed by atoms with Crippen LogP contribution < -0.4 is 16.1 Å². The molecule has 7 heteroatoms. The second-order valence-corrected chi connectivity index (χ2v) is 6.63. The van der Waals surface area contributed by atoms with Gasteiger partial charge in [-0.3, -0.25) is 9.59 Å². The lowest BCUT2D eigenvalue weighted by atomic mass is 10.2. The van der Waals surface area contributed by atoms with Gasteiger partial charge in [0.25, 0.3) is 5.91 Å². The van der Waals surface area contributed by atoms with Crippen LogP contribution in [0, 0.1) is 0 Å². The van der Waals surface area contributed by atoms with Crippen molar-refractivity contribution < 1.29 is 14.7 Å². The number of para-hydroxylation sites is 1. The summed E-state index contributed by atoms with van der Waals surface area (Å²) in [6, 6.07) is 23.1. The maximum absolute atomic E-state index is 12.2. The molecule has 0 heterocycles. The minimum atomic E-state index is -0.466. The van der Waals surface area contributed by atoms with Crippen LogP contribution in [0.1, 0.15) is 23.7 Å². The van der Waals surface area contributed by atoms with Crippen LogP contribution >= 0.6 is 0 Å². The number of amides is 2. The molecule has 152 valence electrons. The van der Waals surface area contributed by atoms with Crippen LogP contribution in [0.25, 0.3) is 0 Å². The van der Waals surface area contributed by atoms with Crippen LogP contribution in [0.3, 0.4) is 0 Å². The number of hydrazone groups is 1.